The van der Waals surface area contributed by atoms with E-state index in [0.717, 1.165) is 31.5 Å². The quantitative estimate of drug-likeness (QED) is 0.884. The van der Waals surface area contributed by atoms with E-state index >= 15 is 0 Å². The molecule has 0 aliphatic carbocycles. The molecule has 1 unspecified atom stereocenters. The predicted molar refractivity (Wildman–Crippen MR) is 68.8 cm³/mol. The SMILES string of the molecule is CNC(c1ccc(C(F)(F)F)cc1)C1CCNCC1. The van der Waals surface area contributed by atoms with E-state index in [1.54, 1.807) is 12.1 Å². The number of hydrogen-bond donors (Lipinski definition) is 2. The summed E-state index contributed by atoms with van der Waals surface area (Å²) < 4.78 is 37.6. The average Bonchev–Trinajstić information content (AvgIpc) is 2.40. The van der Waals surface area contributed by atoms with Gasteiger partial charge in [-0.15, -0.1) is 0 Å². The van der Waals surface area contributed by atoms with Crippen LogP contribution in [0.5, 0.6) is 0 Å². The van der Waals surface area contributed by atoms with E-state index in [1.807, 2.05) is 7.05 Å². The van der Waals surface area contributed by atoms with Crippen molar-refractivity contribution in [2.24, 2.45) is 5.92 Å². The van der Waals surface area contributed by atoms with Gasteiger partial charge in [0.15, 0.2) is 0 Å². The maximum Gasteiger partial charge on any atom is 0.416 e. The zero-order valence-electron chi connectivity index (χ0n) is 10.9. The zero-order valence-corrected chi connectivity index (χ0v) is 10.9. The number of piperidine rings is 1. The van der Waals surface area contributed by atoms with Crippen LogP contribution in [-0.2, 0) is 6.18 Å². The van der Waals surface area contributed by atoms with Gasteiger partial charge in [0.1, 0.15) is 0 Å². The second kappa shape index (κ2) is 5.92. The number of hydrogen-bond acceptors (Lipinski definition) is 2. The number of halogens is 3. The molecule has 2 nitrogen and oxygen atoms in total. The van der Waals surface area contributed by atoms with E-state index in [2.05, 4.69) is 10.6 Å². The molecule has 1 saturated heterocycles. The van der Waals surface area contributed by atoms with Crippen molar-refractivity contribution < 1.29 is 13.2 Å². The Balaban J connectivity index is 2.14. The van der Waals surface area contributed by atoms with E-state index < -0.39 is 11.7 Å². The van der Waals surface area contributed by atoms with Gasteiger partial charge in [-0.3, -0.25) is 0 Å². The van der Waals surface area contributed by atoms with Crippen molar-refractivity contribution in [1.29, 1.82) is 0 Å². The van der Waals surface area contributed by atoms with Gasteiger partial charge < -0.3 is 10.6 Å². The van der Waals surface area contributed by atoms with Crippen molar-refractivity contribution in [3.8, 4) is 0 Å². The Hall–Kier alpha value is -1.07. The highest BCUT2D eigenvalue weighted by Crippen LogP contribution is 2.32. The maximum absolute atomic E-state index is 12.5. The highest BCUT2D eigenvalue weighted by Gasteiger charge is 2.31. The van der Waals surface area contributed by atoms with Gasteiger partial charge in [0.05, 0.1) is 5.56 Å². The Kier molecular flexibility index (Phi) is 4.47. The molecular formula is C14H19F3N2. The van der Waals surface area contributed by atoms with Crippen LogP contribution in [-0.4, -0.2) is 20.1 Å². The Bertz CT molecular complexity index is 394. The molecule has 1 aromatic rings. The first-order valence-corrected chi connectivity index (χ1v) is 6.57. The van der Waals surface area contributed by atoms with Crippen molar-refractivity contribution in [3.05, 3.63) is 35.4 Å². The summed E-state index contributed by atoms with van der Waals surface area (Å²) in [4.78, 5) is 0. The van der Waals surface area contributed by atoms with Gasteiger partial charge in [0, 0.05) is 6.04 Å². The molecule has 0 spiro atoms. The monoisotopic (exact) mass is 272 g/mol. The molecule has 2 N–H and O–H groups in total. The van der Waals surface area contributed by atoms with Crippen molar-refractivity contribution in [1.82, 2.24) is 10.6 Å². The molecule has 2 rings (SSSR count). The van der Waals surface area contributed by atoms with Gasteiger partial charge in [-0.05, 0) is 56.6 Å². The molecule has 0 amide bonds. The smallest absolute Gasteiger partial charge is 0.317 e. The van der Waals surface area contributed by atoms with Gasteiger partial charge in [-0.1, -0.05) is 12.1 Å². The number of alkyl halides is 3. The zero-order chi connectivity index (χ0) is 13.9. The number of rotatable bonds is 3. The third kappa shape index (κ3) is 3.48. The van der Waals surface area contributed by atoms with Gasteiger partial charge >= 0.3 is 6.18 Å². The first kappa shape index (κ1) is 14.3. The Morgan fingerprint density at radius 1 is 1.16 bits per heavy atom. The molecular weight excluding hydrogens is 253 g/mol. The van der Waals surface area contributed by atoms with Crippen LogP contribution in [0.3, 0.4) is 0 Å². The second-order valence-electron chi connectivity index (χ2n) is 4.97. The molecule has 1 aliphatic heterocycles. The molecule has 1 atom stereocenters. The van der Waals surface area contributed by atoms with Crippen molar-refractivity contribution in [2.45, 2.75) is 25.1 Å². The molecule has 19 heavy (non-hydrogen) atoms. The van der Waals surface area contributed by atoms with Crippen LogP contribution in [0.15, 0.2) is 24.3 Å². The van der Waals surface area contributed by atoms with Crippen LogP contribution in [0.2, 0.25) is 0 Å². The normalized spacial score (nSPS) is 19.4. The molecule has 1 aliphatic rings. The third-order valence-electron chi connectivity index (χ3n) is 3.76. The van der Waals surface area contributed by atoms with Gasteiger partial charge in [0.2, 0.25) is 0 Å². The molecule has 0 saturated carbocycles. The van der Waals surface area contributed by atoms with Gasteiger partial charge in [-0.2, -0.15) is 13.2 Å². The van der Waals surface area contributed by atoms with E-state index in [9.17, 15) is 13.2 Å². The number of benzene rings is 1. The molecule has 0 bridgehead atoms. The number of nitrogens with one attached hydrogen (secondary N) is 2. The van der Waals surface area contributed by atoms with Crippen LogP contribution in [0.4, 0.5) is 13.2 Å². The van der Waals surface area contributed by atoms with E-state index in [1.165, 1.54) is 12.1 Å². The van der Waals surface area contributed by atoms with E-state index in [-0.39, 0.29) is 6.04 Å². The van der Waals surface area contributed by atoms with Crippen LogP contribution in [0.1, 0.15) is 30.0 Å². The molecule has 1 aromatic carbocycles. The average molecular weight is 272 g/mol. The minimum atomic E-state index is -4.26. The van der Waals surface area contributed by atoms with Gasteiger partial charge in [0.25, 0.3) is 0 Å². The third-order valence-corrected chi connectivity index (χ3v) is 3.76. The summed E-state index contributed by atoms with van der Waals surface area (Å²) in [5, 5.41) is 6.53. The molecule has 1 fully saturated rings. The molecule has 106 valence electrons. The second-order valence-corrected chi connectivity index (χ2v) is 4.97. The van der Waals surface area contributed by atoms with Crippen molar-refractivity contribution in [3.63, 3.8) is 0 Å². The topological polar surface area (TPSA) is 24.1 Å². The summed E-state index contributed by atoms with van der Waals surface area (Å²) >= 11 is 0. The lowest BCUT2D eigenvalue weighted by molar-refractivity contribution is -0.137. The first-order valence-electron chi connectivity index (χ1n) is 6.57. The van der Waals surface area contributed by atoms with Crippen molar-refractivity contribution >= 4 is 0 Å². The Morgan fingerprint density at radius 2 is 1.74 bits per heavy atom. The maximum atomic E-state index is 12.5. The summed E-state index contributed by atoms with van der Waals surface area (Å²) in [6.07, 6.45) is -2.17. The lowest BCUT2D eigenvalue weighted by Gasteiger charge is -2.31. The van der Waals surface area contributed by atoms with Crippen molar-refractivity contribution in [2.75, 3.05) is 20.1 Å². The highest BCUT2D eigenvalue weighted by atomic mass is 19.4. The first-order chi connectivity index (χ1) is 9.02. The summed E-state index contributed by atoms with van der Waals surface area (Å²) in [6.45, 7) is 1.95. The summed E-state index contributed by atoms with van der Waals surface area (Å²) in [7, 11) is 1.87. The summed E-state index contributed by atoms with van der Waals surface area (Å²) in [5.41, 5.74) is 0.346. The van der Waals surface area contributed by atoms with E-state index in [0.29, 0.717) is 5.92 Å². The summed E-state index contributed by atoms with van der Waals surface area (Å²) in [5.74, 6) is 0.475. The van der Waals surface area contributed by atoms with Crippen LogP contribution in [0.25, 0.3) is 0 Å². The fraction of sp³-hybridized carbons (Fsp3) is 0.571. The Labute approximate surface area is 111 Å². The molecule has 0 radical (unpaired) electrons. The Morgan fingerprint density at radius 3 is 2.21 bits per heavy atom. The highest BCUT2D eigenvalue weighted by molar-refractivity contribution is 5.27. The molecule has 0 aromatic heterocycles. The van der Waals surface area contributed by atoms with Crippen LogP contribution >= 0.6 is 0 Å². The minimum Gasteiger partial charge on any atom is -0.317 e. The largest absolute Gasteiger partial charge is 0.416 e. The van der Waals surface area contributed by atoms with E-state index in [4.69, 9.17) is 0 Å². The fourth-order valence-corrected chi connectivity index (χ4v) is 2.73. The lowest BCUT2D eigenvalue weighted by Crippen LogP contribution is -2.35. The van der Waals surface area contributed by atoms with Crippen LogP contribution < -0.4 is 10.6 Å². The lowest BCUT2D eigenvalue weighted by atomic mass is 9.86. The standard InChI is InChI=1S/C14H19F3N2/c1-18-13(11-6-8-19-9-7-11)10-2-4-12(5-3-10)14(15,16)17/h2-5,11,13,18-19H,6-9H2,1H3. The molecule has 1 heterocycles. The minimum absolute atomic E-state index is 0.129. The summed E-state index contributed by atoms with van der Waals surface area (Å²) in [6, 6.07) is 5.64. The van der Waals surface area contributed by atoms with Crippen LogP contribution in [0, 0.1) is 5.92 Å². The molecule has 5 heteroatoms. The predicted octanol–water partition coefficient (Wildman–Crippen LogP) is 2.97. The fourth-order valence-electron chi connectivity index (χ4n) is 2.73. The van der Waals surface area contributed by atoms with Gasteiger partial charge in [-0.25, -0.2) is 0 Å².